The van der Waals surface area contributed by atoms with Crippen molar-refractivity contribution in [2.45, 2.75) is 13.2 Å². The average Bonchev–Trinajstić information content (AvgIpc) is 2.46. The summed E-state index contributed by atoms with van der Waals surface area (Å²) in [7, 11) is 1.49. The zero-order valence-electron chi connectivity index (χ0n) is 10.9. The Morgan fingerprint density at radius 3 is 2.60 bits per heavy atom. The molecule has 0 atom stereocenters. The van der Waals surface area contributed by atoms with Gasteiger partial charge in [0.05, 0.1) is 18.2 Å². The van der Waals surface area contributed by atoms with Gasteiger partial charge in [-0.05, 0) is 45.8 Å². The van der Waals surface area contributed by atoms with Gasteiger partial charge in [0.15, 0.2) is 0 Å². The van der Waals surface area contributed by atoms with Crippen molar-refractivity contribution in [3.8, 4) is 11.5 Å². The first-order chi connectivity index (χ1) is 9.63. The molecular formula is C15H14BrFO3. The number of ether oxygens (including phenoxy) is 2. The fourth-order valence-corrected chi connectivity index (χ4v) is 2.23. The van der Waals surface area contributed by atoms with Crippen LogP contribution in [0.25, 0.3) is 0 Å². The second-order valence-electron chi connectivity index (χ2n) is 4.17. The van der Waals surface area contributed by atoms with E-state index in [2.05, 4.69) is 15.9 Å². The van der Waals surface area contributed by atoms with E-state index in [-0.39, 0.29) is 19.0 Å². The topological polar surface area (TPSA) is 38.7 Å². The van der Waals surface area contributed by atoms with Gasteiger partial charge in [-0.25, -0.2) is 4.39 Å². The van der Waals surface area contributed by atoms with Gasteiger partial charge in [-0.2, -0.15) is 0 Å². The van der Waals surface area contributed by atoms with Crippen LogP contribution in [0.15, 0.2) is 40.9 Å². The normalized spacial score (nSPS) is 10.4. The lowest BCUT2D eigenvalue weighted by Gasteiger charge is -2.10. The molecule has 0 saturated carbocycles. The number of aliphatic hydroxyl groups excluding tert-OH is 1. The minimum atomic E-state index is -0.368. The Bertz CT molecular complexity index is 548. The number of methoxy groups -OCH3 is 1. The first kappa shape index (κ1) is 14.8. The number of hydrogen-bond acceptors (Lipinski definition) is 3. The van der Waals surface area contributed by atoms with Crippen LogP contribution >= 0.6 is 15.9 Å². The summed E-state index contributed by atoms with van der Waals surface area (Å²) in [5.41, 5.74) is 1.23. The van der Waals surface area contributed by atoms with Gasteiger partial charge in [0, 0.05) is 11.6 Å². The number of benzene rings is 2. The van der Waals surface area contributed by atoms with Gasteiger partial charge in [-0.15, -0.1) is 0 Å². The maximum absolute atomic E-state index is 13.8. The predicted molar refractivity (Wildman–Crippen MR) is 77.3 cm³/mol. The molecule has 20 heavy (non-hydrogen) atoms. The molecule has 0 aliphatic heterocycles. The van der Waals surface area contributed by atoms with Crippen molar-refractivity contribution < 1.29 is 19.0 Å². The second-order valence-corrected chi connectivity index (χ2v) is 5.02. The fourth-order valence-electron chi connectivity index (χ4n) is 1.69. The molecule has 0 bridgehead atoms. The van der Waals surface area contributed by atoms with Crippen LogP contribution in [0.3, 0.4) is 0 Å². The van der Waals surface area contributed by atoms with Crippen molar-refractivity contribution in [2.75, 3.05) is 7.11 Å². The van der Waals surface area contributed by atoms with Crippen LogP contribution in [0.4, 0.5) is 4.39 Å². The maximum Gasteiger partial charge on any atom is 0.134 e. The molecule has 0 heterocycles. The fraction of sp³-hybridized carbons (Fsp3) is 0.200. The molecule has 2 rings (SSSR count). The first-order valence-electron chi connectivity index (χ1n) is 5.98. The van der Waals surface area contributed by atoms with Crippen LogP contribution < -0.4 is 9.47 Å². The Morgan fingerprint density at radius 1 is 1.20 bits per heavy atom. The third kappa shape index (κ3) is 3.49. The van der Waals surface area contributed by atoms with Crippen LogP contribution in [-0.2, 0) is 13.2 Å². The zero-order valence-corrected chi connectivity index (χ0v) is 12.5. The van der Waals surface area contributed by atoms with Gasteiger partial charge in [0.25, 0.3) is 0 Å². The largest absolute Gasteiger partial charge is 0.497 e. The van der Waals surface area contributed by atoms with Crippen LogP contribution in [0.1, 0.15) is 11.1 Å². The van der Waals surface area contributed by atoms with Crippen LogP contribution in [0, 0.1) is 5.82 Å². The van der Waals surface area contributed by atoms with Crippen LogP contribution in [0.5, 0.6) is 11.5 Å². The van der Waals surface area contributed by atoms with Gasteiger partial charge in [0.1, 0.15) is 23.9 Å². The molecule has 0 aromatic heterocycles. The molecular weight excluding hydrogens is 327 g/mol. The van der Waals surface area contributed by atoms with E-state index in [9.17, 15) is 4.39 Å². The third-order valence-electron chi connectivity index (χ3n) is 2.82. The molecule has 0 aliphatic carbocycles. The summed E-state index contributed by atoms with van der Waals surface area (Å²) in [5.74, 6) is 0.699. The Morgan fingerprint density at radius 2 is 2.00 bits per heavy atom. The summed E-state index contributed by atoms with van der Waals surface area (Å²) >= 11 is 3.35. The highest BCUT2D eigenvalue weighted by molar-refractivity contribution is 9.10. The van der Waals surface area contributed by atoms with Crippen LogP contribution in [-0.4, -0.2) is 12.2 Å². The lowest BCUT2D eigenvalue weighted by Crippen LogP contribution is -2.00. The van der Waals surface area contributed by atoms with Gasteiger partial charge >= 0.3 is 0 Å². The Labute approximate surface area is 125 Å². The van der Waals surface area contributed by atoms with E-state index < -0.39 is 0 Å². The third-order valence-corrected chi connectivity index (χ3v) is 3.44. The molecule has 0 saturated heterocycles. The summed E-state index contributed by atoms with van der Waals surface area (Å²) in [6.45, 7) is 0.0822. The molecule has 0 aliphatic rings. The van der Waals surface area contributed by atoms with Gasteiger partial charge in [-0.3, -0.25) is 0 Å². The maximum atomic E-state index is 13.8. The summed E-state index contributed by atoms with van der Waals surface area (Å²) in [4.78, 5) is 0. The number of rotatable bonds is 5. The summed E-state index contributed by atoms with van der Waals surface area (Å²) in [6, 6.07) is 9.89. The van der Waals surface area contributed by atoms with E-state index in [0.29, 0.717) is 17.1 Å². The lowest BCUT2D eigenvalue weighted by molar-refractivity contribution is 0.280. The molecule has 0 unspecified atom stereocenters. The van der Waals surface area contributed by atoms with E-state index in [0.717, 1.165) is 10.0 Å². The Balaban J connectivity index is 2.09. The van der Waals surface area contributed by atoms with Crippen molar-refractivity contribution in [3.05, 3.63) is 57.8 Å². The van der Waals surface area contributed by atoms with Crippen molar-refractivity contribution in [2.24, 2.45) is 0 Å². The standard InChI is InChI=1S/C15H14BrFO3/c1-19-12-4-3-11(14(17)7-12)9-20-15-5-2-10(8-18)6-13(15)16/h2-7,18H,8-9H2,1H3. The molecule has 5 heteroatoms. The molecule has 106 valence electrons. The van der Waals surface area contributed by atoms with E-state index in [4.69, 9.17) is 14.6 Å². The van der Waals surface area contributed by atoms with Crippen LogP contribution in [0.2, 0.25) is 0 Å². The second kappa shape index (κ2) is 6.72. The highest BCUT2D eigenvalue weighted by Crippen LogP contribution is 2.27. The number of hydrogen-bond donors (Lipinski definition) is 1. The first-order valence-corrected chi connectivity index (χ1v) is 6.78. The monoisotopic (exact) mass is 340 g/mol. The lowest BCUT2D eigenvalue weighted by atomic mass is 10.2. The molecule has 0 fully saturated rings. The SMILES string of the molecule is COc1ccc(COc2ccc(CO)cc2Br)c(F)c1. The number of aliphatic hydroxyl groups is 1. The molecule has 1 N–H and O–H groups in total. The molecule has 0 radical (unpaired) electrons. The Kier molecular flexibility index (Phi) is 4.98. The average molecular weight is 341 g/mol. The van der Waals surface area contributed by atoms with E-state index >= 15 is 0 Å². The zero-order chi connectivity index (χ0) is 14.5. The smallest absolute Gasteiger partial charge is 0.134 e. The Hall–Kier alpha value is -1.59. The molecule has 2 aromatic carbocycles. The van der Waals surface area contributed by atoms with Gasteiger partial charge < -0.3 is 14.6 Å². The predicted octanol–water partition coefficient (Wildman–Crippen LogP) is 3.67. The molecule has 2 aromatic rings. The van der Waals surface area contributed by atoms with Crippen molar-refractivity contribution >= 4 is 15.9 Å². The van der Waals surface area contributed by atoms with Crippen molar-refractivity contribution in [1.29, 1.82) is 0 Å². The summed E-state index contributed by atoms with van der Waals surface area (Å²) in [6.07, 6.45) is 0. The van der Waals surface area contributed by atoms with E-state index in [1.54, 1.807) is 30.3 Å². The van der Waals surface area contributed by atoms with Crippen molar-refractivity contribution in [3.63, 3.8) is 0 Å². The molecule has 0 spiro atoms. The molecule has 0 amide bonds. The van der Waals surface area contributed by atoms with Gasteiger partial charge in [0.2, 0.25) is 0 Å². The minimum Gasteiger partial charge on any atom is -0.497 e. The van der Waals surface area contributed by atoms with Gasteiger partial charge in [-0.1, -0.05) is 6.07 Å². The van der Waals surface area contributed by atoms with E-state index in [1.807, 2.05) is 0 Å². The molecule has 3 nitrogen and oxygen atoms in total. The van der Waals surface area contributed by atoms with E-state index in [1.165, 1.54) is 13.2 Å². The quantitative estimate of drug-likeness (QED) is 0.902. The number of halogens is 2. The van der Waals surface area contributed by atoms with Crippen molar-refractivity contribution in [1.82, 2.24) is 0 Å². The minimum absolute atomic E-state index is 0.0357. The summed E-state index contributed by atoms with van der Waals surface area (Å²) < 4.78 is 25.0. The summed E-state index contributed by atoms with van der Waals surface area (Å²) in [5, 5.41) is 9.02. The highest BCUT2D eigenvalue weighted by atomic mass is 79.9. The highest BCUT2D eigenvalue weighted by Gasteiger charge is 2.07.